The summed E-state index contributed by atoms with van der Waals surface area (Å²) in [6, 6.07) is 0. The first-order valence-corrected chi connectivity index (χ1v) is 12.5. The second-order valence-corrected chi connectivity index (χ2v) is 10.4. The molecule has 0 aromatic carbocycles. The highest BCUT2D eigenvalue weighted by Crippen LogP contribution is 2.33. The molecule has 0 unspecified atom stereocenters. The fourth-order valence-corrected chi connectivity index (χ4v) is 4.71. The molecule has 11 heteroatoms. The number of aromatic amines is 1. The number of amides is 1. The van der Waals surface area contributed by atoms with E-state index in [1.165, 1.54) is 15.9 Å². The first-order chi connectivity index (χ1) is 15.7. The average Bonchev–Trinajstić information content (AvgIpc) is 3.23. The molecule has 10 nitrogen and oxygen atoms in total. The zero-order chi connectivity index (χ0) is 24.1. The minimum atomic E-state index is -0.672. The summed E-state index contributed by atoms with van der Waals surface area (Å²) in [6.45, 7) is 8.38. The molecule has 0 bridgehead atoms. The molecule has 1 amide bonds. The van der Waals surface area contributed by atoms with Crippen LogP contribution in [0, 0.1) is 11.8 Å². The molecule has 2 aromatic heterocycles. The zero-order valence-electron chi connectivity index (χ0n) is 19.8. The summed E-state index contributed by atoms with van der Waals surface area (Å²) in [6.07, 6.45) is 5.64. The van der Waals surface area contributed by atoms with Crippen LogP contribution in [0.5, 0.6) is 0 Å². The van der Waals surface area contributed by atoms with Crippen LogP contribution >= 0.6 is 11.8 Å². The number of nitrogens with one attached hydrogen (secondary N) is 1. The van der Waals surface area contributed by atoms with Crippen molar-refractivity contribution in [1.82, 2.24) is 19.7 Å². The molecule has 0 spiro atoms. The van der Waals surface area contributed by atoms with Gasteiger partial charge in [-0.25, -0.2) is 4.79 Å². The zero-order valence-corrected chi connectivity index (χ0v) is 20.6. The third kappa shape index (κ3) is 6.27. The summed E-state index contributed by atoms with van der Waals surface area (Å²) in [5.74, 6) is 0.793. The van der Waals surface area contributed by atoms with E-state index in [2.05, 4.69) is 15.2 Å². The highest BCUT2D eigenvalue weighted by molar-refractivity contribution is 7.99. The number of hydrogen-bond donors (Lipinski definition) is 2. The maximum atomic E-state index is 13.2. The normalized spacial score (nSPS) is 14.8. The number of nitrogens with two attached hydrogens (primary N) is 1. The summed E-state index contributed by atoms with van der Waals surface area (Å²) in [4.78, 5) is 41.9. The van der Waals surface area contributed by atoms with E-state index in [1.807, 2.05) is 27.7 Å². The van der Waals surface area contributed by atoms with Crippen molar-refractivity contribution in [3.8, 4) is 0 Å². The Morgan fingerprint density at radius 2 is 1.88 bits per heavy atom. The predicted molar refractivity (Wildman–Crippen MR) is 129 cm³/mol. The molecule has 182 valence electrons. The lowest BCUT2D eigenvalue weighted by molar-refractivity contribution is -0.116. The molecule has 2 heterocycles. The van der Waals surface area contributed by atoms with Gasteiger partial charge < -0.3 is 15.1 Å². The van der Waals surface area contributed by atoms with Crippen LogP contribution in [-0.4, -0.2) is 38.0 Å². The van der Waals surface area contributed by atoms with Crippen molar-refractivity contribution in [2.75, 3.05) is 22.9 Å². The Bertz CT molecular complexity index is 1070. The number of nitrogens with zero attached hydrogens (tertiary/aromatic N) is 4. The molecule has 0 radical (unpaired) electrons. The maximum absolute atomic E-state index is 13.2. The molecule has 2 aromatic rings. The Labute approximate surface area is 197 Å². The van der Waals surface area contributed by atoms with Crippen LogP contribution in [-0.2, 0) is 11.3 Å². The van der Waals surface area contributed by atoms with Crippen molar-refractivity contribution < 1.29 is 9.21 Å². The molecule has 0 atom stereocenters. The van der Waals surface area contributed by atoms with Crippen LogP contribution in [0.1, 0.15) is 71.6 Å². The smallest absolute Gasteiger partial charge is 0.330 e. The second-order valence-electron chi connectivity index (χ2n) is 9.43. The highest BCUT2D eigenvalue weighted by atomic mass is 32.2. The Hall–Kier alpha value is -2.56. The summed E-state index contributed by atoms with van der Waals surface area (Å²) in [5, 5.41) is 8.59. The lowest BCUT2D eigenvalue weighted by Gasteiger charge is -2.26. The Morgan fingerprint density at radius 1 is 1.18 bits per heavy atom. The fourth-order valence-electron chi connectivity index (χ4n) is 4.06. The van der Waals surface area contributed by atoms with Gasteiger partial charge in [0.05, 0.1) is 5.75 Å². The molecule has 3 rings (SSSR count). The molecule has 1 aliphatic rings. The average molecular weight is 479 g/mol. The molecule has 0 saturated heterocycles. The molecule has 33 heavy (non-hydrogen) atoms. The van der Waals surface area contributed by atoms with Crippen LogP contribution in [0.2, 0.25) is 0 Å². The largest absolute Gasteiger partial charge is 0.416 e. The van der Waals surface area contributed by atoms with E-state index < -0.39 is 11.2 Å². The van der Waals surface area contributed by atoms with Crippen molar-refractivity contribution in [2.45, 2.75) is 77.5 Å². The monoisotopic (exact) mass is 478 g/mol. The van der Waals surface area contributed by atoms with Gasteiger partial charge in [-0.3, -0.25) is 19.1 Å². The van der Waals surface area contributed by atoms with Crippen LogP contribution in [0.25, 0.3) is 0 Å². The van der Waals surface area contributed by atoms with E-state index in [4.69, 9.17) is 10.2 Å². The summed E-state index contributed by atoms with van der Waals surface area (Å²) >= 11 is 1.14. The molecular formula is C22H34N6O4S. The maximum Gasteiger partial charge on any atom is 0.330 e. The van der Waals surface area contributed by atoms with Crippen LogP contribution in [0.3, 0.4) is 0 Å². The summed E-state index contributed by atoms with van der Waals surface area (Å²) in [7, 11) is 0. The number of aromatic nitrogens is 4. The van der Waals surface area contributed by atoms with Crippen molar-refractivity contribution >= 4 is 29.2 Å². The lowest BCUT2D eigenvalue weighted by Crippen LogP contribution is -2.43. The van der Waals surface area contributed by atoms with Gasteiger partial charge in [0.1, 0.15) is 5.82 Å². The van der Waals surface area contributed by atoms with E-state index >= 15 is 0 Å². The number of hydrogen-bond acceptors (Lipinski definition) is 8. The van der Waals surface area contributed by atoms with Crippen molar-refractivity contribution in [1.29, 1.82) is 0 Å². The molecule has 1 saturated carbocycles. The van der Waals surface area contributed by atoms with Crippen LogP contribution in [0.4, 0.5) is 11.5 Å². The van der Waals surface area contributed by atoms with E-state index in [0.29, 0.717) is 17.7 Å². The number of nitrogen functional groups attached to an aromatic ring is 1. The number of carbonyl (C=O) groups excluding carboxylic acids is 1. The topological polar surface area (TPSA) is 140 Å². The predicted octanol–water partition coefficient (Wildman–Crippen LogP) is 2.99. The van der Waals surface area contributed by atoms with Gasteiger partial charge in [-0.2, -0.15) is 0 Å². The highest BCUT2D eigenvalue weighted by Gasteiger charge is 2.26. The fraction of sp³-hybridized carbons (Fsp3) is 0.682. The lowest BCUT2D eigenvalue weighted by atomic mass is 9.89. The van der Waals surface area contributed by atoms with Gasteiger partial charge in [0.2, 0.25) is 11.8 Å². The summed E-state index contributed by atoms with van der Waals surface area (Å²) in [5.41, 5.74) is 4.99. The number of H-pyrrole nitrogens is 1. The van der Waals surface area contributed by atoms with Crippen molar-refractivity contribution in [3.05, 3.63) is 26.7 Å². The van der Waals surface area contributed by atoms with E-state index in [0.717, 1.165) is 37.4 Å². The molecule has 3 N–H and O–H groups in total. The number of thioether (sulfide) groups is 1. The van der Waals surface area contributed by atoms with Crippen molar-refractivity contribution in [2.24, 2.45) is 11.8 Å². The summed E-state index contributed by atoms with van der Waals surface area (Å²) < 4.78 is 7.11. The Balaban J connectivity index is 1.81. The molecule has 1 fully saturated rings. The van der Waals surface area contributed by atoms with Gasteiger partial charge in [-0.05, 0) is 24.7 Å². The number of carbonyl (C=O) groups is 1. The van der Waals surface area contributed by atoms with Gasteiger partial charge >= 0.3 is 5.69 Å². The van der Waals surface area contributed by atoms with E-state index in [1.54, 1.807) is 0 Å². The minimum absolute atomic E-state index is 0.00120. The van der Waals surface area contributed by atoms with Crippen LogP contribution in [0.15, 0.2) is 19.2 Å². The third-order valence-electron chi connectivity index (χ3n) is 5.58. The first kappa shape index (κ1) is 25.1. The van der Waals surface area contributed by atoms with E-state index in [-0.39, 0.29) is 47.5 Å². The Kier molecular flexibility index (Phi) is 8.39. The molecular weight excluding hydrogens is 444 g/mol. The quantitative estimate of drug-likeness (QED) is 0.524. The standard InChI is InChI=1S/C22H34N6O4S/c1-13(2)10-27(17-18(23)28(11-14(3)4)21(31)24-19(17)30)16(29)12-33-22-26-25-20(32-22)15-8-6-5-7-9-15/h13-15H,5-12,23H2,1-4H3,(H,24,30,31). The van der Waals surface area contributed by atoms with Gasteiger partial charge in [0.25, 0.3) is 10.8 Å². The molecule has 1 aliphatic carbocycles. The van der Waals surface area contributed by atoms with Gasteiger partial charge in [0.15, 0.2) is 5.69 Å². The van der Waals surface area contributed by atoms with Gasteiger partial charge in [0, 0.05) is 19.0 Å². The second kappa shape index (κ2) is 11.0. The Morgan fingerprint density at radius 3 is 2.52 bits per heavy atom. The first-order valence-electron chi connectivity index (χ1n) is 11.6. The molecule has 0 aliphatic heterocycles. The van der Waals surface area contributed by atoms with Gasteiger partial charge in [-0.15, -0.1) is 10.2 Å². The van der Waals surface area contributed by atoms with Crippen LogP contribution < -0.4 is 21.9 Å². The third-order valence-corrected chi connectivity index (χ3v) is 6.38. The van der Waals surface area contributed by atoms with E-state index in [9.17, 15) is 14.4 Å². The van der Waals surface area contributed by atoms with Crippen molar-refractivity contribution in [3.63, 3.8) is 0 Å². The van der Waals surface area contributed by atoms with Gasteiger partial charge in [-0.1, -0.05) is 58.7 Å². The minimum Gasteiger partial charge on any atom is -0.416 e. The SMILES string of the molecule is CC(C)CN(C(=O)CSc1nnc(C2CCCCC2)o1)c1c(N)n(CC(C)C)c(=O)[nH]c1=O. The number of anilines is 2. The number of rotatable bonds is 9.